The summed E-state index contributed by atoms with van der Waals surface area (Å²) in [4.78, 5) is 20.1. The first-order chi connectivity index (χ1) is 24.1. The Bertz CT molecular complexity index is 2120. The smallest absolute Gasteiger partial charge is 0.257 e. The van der Waals surface area contributed by atoms with Gasteiger partial charge in [0.25, 0.3) is 5.91 Å². The van der Waals surface area contributed by atoms with E-state index < -0.39 is 0 Å². The molecule has 0 atom stereocenters. The first-order valence-corrected chi connectivity index (χ1v) is 16.7. The number of amides is 1. The summed E-state index contributed by atoms with van der Waals surface area (Å²) in [7, 11) is 0. The van der Waals surface area contributed by atoms with Crippen LogP contribution in [0.4, 0.5) is 27.1 Å². The molecular weight excluding hydrogens is 617 g/mol. The van der Waals surface area contributed by atoms with Crippen molar-refractivity contribution in [1.82, 2.24) is 9.55 Å². The second kappa shape index (κ2) is 13.4. The lowest BCUT2D eigenvalue weighted by molar-refractivity contribution is 0.102. The summed E-state index contributed by atoms with van der Waals surface area (Å²) in [6.45, 7) is 4.57. The molecule has 9 heteroatoms. The van der Waals surface area contributed by atoms with Crippen molar-refractivity contribution in [2.24, 2.45) is 0 Å². The monoisotopic (exact) mass is 653 g/mol. The molecule has 0 bridgehead atoms. The average Bonchev–Trinajstić information content (AvgIpc) is 3.44. The van der Waals surface area contributed by atoms with Crippen LogP contribution < -0.4 is 20.3 Å². The minimum absolute atomic E-state index is 0.160. The third-order valence-corrected chi connectivity index (χ3v) is 9.29. The van der Waals surface area contributed by atoms with Crippen molar-refractivity contribution in [3.8, 4) is 16.9 Å². The van der Waals surface area contributed by atoms with E-state index in [0.29, 0.717) is 18.6 Å². The van der Waals surface area contributed by atoms with Crippen LogP contribution in [0.15, 0.2) is 110 Å². The topological polar surface area (TPSA) is 80.6 Å². The predicted molar refractivity (Wildman–Crippen MR) is 192 cm³/mol. The zero-order valence-corrected chi connectivity index (χ0v) is 27.0. The van der Waals surface area contributed by atoms with Gasteiger partial charge in [0.15, 0.2) is 0 Å². The van der Waals surface area contributed by atoms with Gasteiger partial charge in [-0.1, -0.05) is 24.3 Å². The van der Waals surface area contributed by atoms with Crippen molar-refractivity contribution in [3.63, 3.8) is 0 Å². The number of ether oxygens (including phenoxy) is 2. The van der Waals surface area contributed by atoms with E-state index in [-0.39, 0.29) is 11.7 Å². The molecule has 0 unspecified atom stereocenters. The number of hydrogen-bond acceptors (Lipinski definition) is 6. The number of hydrogen-bond donors (Lipinski definition) is 2. The molecule has 1 amide bonds. The lowest BCUT2D eigenvalue weighted by atomic mass is 10.0. The number of halogens is 1. The SMILES string of the molecule is O=C1Nc2cc(CCOc3ccc(N4CCOCC4)cc3)ccc2Nc2cc(-c3cn(CCc4ccc(F)cc4)c4cnccc34)ccc21. The fourth-order valence-electron chi connectivity index (χ4n) is 6.62. The normalized spacial score (nSPS) is 14.1. The number of aromatic nitrogens is 2. The van der Waals surface area contributed by atoms with Crippen molar-refractivity contribution >= 4 is 39.6 Å². The summed E-state index contributed by atoms with van der Waals surface area (Å²) in [6, 6.07) is 28.9. The maximum Gasteiger partial charge on any atom is 0.257 e. The largest absolute Gasteiger partial charge is 0.493 e. The molecule has 8 nitrogen and oxygen atoms in total. The molecule has 4 heterocycles. The summed E-state index contributed by atoms with van der Waals surface area (Å²) < 4.78 is 27.1. The highest BCUT2D eigenvalue weighted by molar-refractivity contribution is 6.13. The minimum Gasteiger partial charge on any atom is -0.493 e. The lowest BCUT2D eigenvalue weighted by Gasteiger charge is -2.28. The van der Waals surface area contributed by atoms with Gasteiger partial charge < -0.3 is 29.6 Å². The molecule has 2 aliphatic rings. The van der Waals surface area contributed by atoms with Crippen LogP contribution >= 0.6 is 0 Å². The number of benzene rings is 4. The molecule has 2 aliphatic heterocycles. The van der Waals surface area contributed by atoms with E-state index in [0.717, 1.165) is 95.2 Å². The molecule has 0 aliphatic carbocycles. The number of pyridine rings is 1. The molecular formula is C40H36FN5O3. The molecule has 2 N–H and O–H groups in total. The highest BCUT2D eigenvalue weighted by Crippen LogP contribution is 2.37. The van der Waals surface area contributed by atoms with Gasteiger partial charge in [0.05, 0.1) is 54.2 Å². The lowest BCUT2D eigenvalue weighted by Crippen LogP contribution is -2.36. The quantitative estimate of drug-likeness (QED) is 0.166. The van der Waals surface area contributed by atoms with E-state index in [4.69, 9.17) is 9.47 Å². The third-order valence-electron chi connectivity index (χ3n) is 9.29. The van der Waals surface area contributed by atoms with E-state index in [1.54, 1.807) is 6.20 Å². The Morgan fingerprint density at radius 3 is 2.45 bits per heavy atom. The number of carbonyl (C=O) groups is 1. The second-order valence-corrected chi connectivity index (χ2v) is 12.4. The highest BCUT2D eigenvalue weighted by atomic mass is 19.1. The summed E-state index contributed by atoms with van der Waals surface area (Å²) in [5.41, 5.74) is 9.27. The van der Waals surface area contributed by atoms with Crippen molar-refractivity contribution < 1.29 is 18.7 Å². The van der Waals surface area contributed by atoms with Gasteiger partial charge >= 0.3 is 0 Å². The van der Waals surface area contributed by atoms with Gasteiger partial charge in [0.2, 0.25) is 0 Å². The number of morpholine rings is 1. The summed E-state index contributed by atoms with van der Waals surface area (Å²) in [6.07, 6.45) is 7.27. The first kappa shape index (κ1) is 30.7. The summed E-state index contributed by atoms with van der Waals surface area (Å²) in [5, 5.41) is 7.69. The van der Waals surface area contributed by atoms with Gasteiger partial charge in [0, 0.05) is 55.1 Å². The van der Waals surface area contributed by atoms with Crippen LogP contribution in [0.2, 0.25) is 0 Å². The molecule has 8 rings (SSSR count). The van der Waals surface area contributed by atoms with Crippen LogP contribution in [-0.2, 0) is 24.1 Å². The Labute approximate surface area is 284 Å². The molecule has 246 valence electrons. The van der Waals surface area contributed by atoms with Crippen molar-refractivity contribution in [2.45, 2.75) is 19.4 Å². The van der Waals surface area contributed by atoms with E-state index >= 15 is 0 Å². The van der Waals surface area contributed by atoms with Crippen LogP contribution in [0.25, 0.3) is 22.0 Å². The van der Waals surface area contributed by atoms with E-state index in [1.165, 1.54) is 17.8 Å². The fourth-order valence-corrected chi connectivity index (χ4v) is 6.62. The maximum atomic E-state index is 13.4. The standard InChI is InChI=1S/C40H36FN5O3/c41-30-5-1-27(2-6-30)14-17-46-26-35(33-13-16-42-25-39(33)46)29-4-11-34-37(24-29)43-36-12-3-28(23-38(36)44-40(34)47)15-20-49-32-9-7-31(8-10-32)45-18-21-48-22-19-45/h1-13,16,23-26,43H,14-15,17-22H2,(H,44,47). The number of aryl methyl sites for hydroxylation is 2. The third kappa shape index (κ3) is 6.58. The molecule has 1 fully saturated rings. The van der Waals surface area contributed by atoms with Crippen molar-refractivity contribution in [1.29, 1.82) is 0 Å². The average molecular weight is 654 g/mol. The van der Waals surface area contributed by atoms with Crippen LogP contribution in [-0.4, -0.2) is 48.4 Å². The number of anilines is 4. The van der Waals surface area contributed by atoms with Gasteiger partial charge in [-0.3, -0.25) is 9.78 Å². The van der Waals surface area contributed by atoms with Gasteiger partial charge in [-0.15, -0.1) is 0 Å². The number of carbonyl (C=O) groups excluding carboxylic acids is 1. The zero-order valence-electron chi connectivity index (χ0n) is 27.0. The van der Waals surface area contributed by atoms with Crippen molar-refractivity contribution in [3.05, 3.63) is 132 Å². The van der Waals surface area contributed by atoms with Crippen LogP contribution in [0.3, 0.4) is 0 Å². The van der Waals surface area contributed by atoms with Gasteiger partial charge in [-0.2, -0.15) is 0 Å². The van der Waals surface area contributed by atoms with Gasteiger partial charge in [-0.25, -0.2) is 4.39 Å². The van der Waals surface area contributed by atoms with E-state index in [9.17, 15) is 9.18 Å². The predicted octanol–water partition coefficient (Wildman–Crippen LogP) is 7.85. The minimum atomic E-state index is -0.234. The molecule has 0 spiro atoms. The maximum absolute atomic E-state index is 13.4. The molecule has 6 aromatic rings. The number of fused-ring (bicyclic) bond motifs is 3. The molecule has 2 aromatic heterocycles. The van der Waals surface area contributed by atoms with Gasteiger partial charge in [0.1, 0.15) is 11.6 Å². The Hall–Kier alpha value is -5.67. The second-order valence-electron chi connectivity index (χ2n) is 12.4. The van der Waals surface area contributed by atoms with Crippen LogP contribution in [0.1, 0.15) is 21.5 Å². The molecule has 0 radical (unpaired) electrons. The van der Waals surface area contributed by atoms with Crippen LogP contribution in [0.5, 0.6) is 5.75 Å². The van der Waals surface area contributed by atoms with Crippen LogP contribution in [0, 0.1) is 5.82 Å². The Balaban J connectivity index is 0.969. The number of rotatable bonds is 9. The number of nitrogens with zero attached hydrogens (tertiary/aromatic N) is 3. The summed E-state index contributed by atoms with van der Waals surface area (Å²) in [5.74, 6) is 0.440. The number of nitrogens with one attached hydrogen (secondary N) is 2. The molecule has 49 heavy (non-hydrogen) atoms. The first-order valence-electron chi connectivity index (χ1n) is 16.7. The molecule has 1 saturated heterocycles. The zero-order chi connectivity index (χ0) is 33.2. The Morgan fingerprint density at radius 2 is 1.61 bits per heavy atom. The summed E-state index contributed by atoms with van der Waals surface area (Å²) >= 11 is 0. The fraction of sp³-hybridized carbons (Fsp3) is 0.200. The van der Waals surface area contributed by atoms with E-state index in [2.05, 4.69) is 49.5 Å². The van der Waals surface area contributed by atoms with E-state index in [1.807, 2.05) is 66.9 Å². The molecule has 0 saturated carbocycles. The Morgan fingerprint density at radius 1 is 0.796 bits per heavy atom. The van der Waals surface area contributed by atoms with Crippen molar-refractivity contribution in [2.75, 3.05) is 48.4 Å². The Kier molecular flexibility index (Phi) is 8.41. The highest BCUT2D eigenvalue weighted by Gasteiger charge is 2.21. The van der Waals surface area contributed by atoms with Gasteiger partial charge in [-0.05, 0) is 89.8 Å². The molecule has 4 aromatic carbocycles.